The van der Waals surface area contributed by atoms with E-state index in [-0.39, 0.29) is 18.7 Å². The van der Waals surface area contributed by atoms with Crippen LogP contribution in [0.1, 0.15) is 0 Å². The summed E-state index contributed by atoms with van der Waals surface area (Å²) >= 11 is -0.191. The van der Waals surface area contributed by atoms with E-state index in [4.69, 9.17) is 0 Å². The van der Waals surface area contributed by atoms with Crippen LogP contribution in [0.3, 0.4) is 0 Å². The van der Waals surface area contributed by atoms with Gasteiger partial charge < -0.3 is 0 Å². The van der Waals surface area contributed by atoms with Crippen LogP contribution in [-0.4, -0.2) is 6.36 Å². The van der Waals surface area contributed by atoms with Crippen molar-refractivity contribution >= 4 is 0 Å². The Morgan fingerprint density at radius 2 is 1.50 bits per heavy atom. The molecule has 0 aromatic rings. The van der Waals surface area contributed by atoms with Crippen LogP contribution in [0.15, 0.2) is 0 Å². The molecular weight excluding hydrogens is 150 g/mol. The van der Waals surface area contributed by atoms with Crippen molar-refractivity contribution in [3.05, 3.63) is 0 Å². The standard InChI is InChI=1S/CF3O.Zn/c2-1(3,4)5;/q-1;+1. The maximum absolute atomic E-state index is 10.6. The zero-order chi connectivity index (χ0) is 5.21. The number of hydrogen-bond donors (Lipinski definition) is 0. The van der Waals surface area contributed by atoms with Crippen molar-refractivity contribution in [3.8, 4) is 0 Å². The van der Waals surface area contributed by atoms with Crippen LogP contribution in [0.4, 0.5) is 13.2 Å². The number of halogens is 3. The van der Waals surface area contributed by atoms with Gasteiger partial charge in [-0.05, 0) is 0 Å². The fraction of sp³-hybridized carbons (Fsp3) is 1.00. The Hall–Kier alpha value is 0.373. The van der Waals surface area contributed by atoms with Crippen molar-refractivity contribution in [2.45, 2.75) is 6.36 Å². The second kappa shape index (κ2) is 1.89. The molecule has 0 heterocycles. The minimum atomic E-state index is -4.40. The summed E-state index contributed by atoms with van der Waals surface area (Å²) in [6, 6.07) is 0. The third-order valence-electron chi connectivity index (χ3n) is 0.164. The van der Waals surface area contributed by atoms with Gasteiger partial charge in [-0.2, -0.15) is 0 Å². The van der Waals surface area contributed by atoms with E-state index in [0.717, 1.165) is 0 Å². The topological polar surface area (TPSA) is 9.23 Å². The van der Waals surface area contributed by atoms with Crippen LogP contribution in [0.25, 0.3) is 0 Å². The van der Waals surface area contributed by atoms with Gasteiger partial charge in [0, 0.05) is 0 Å². The molecule has 0 amide bonds. The van der Waals surface area contributed by atoms with Crippen molar-refractivity contribution in [3.63, 3.8) is 0 Å². The molecular formula is CF3OZn. The molecule has 1 nitrogen and oxygen atoms in total. The Kier molecular flexibility index (Phi) is 2.01. The summed E-state index contributed by atoms with van der Waals surface area (Å²) in [5.74, 6) is 0. The fourth-order valence-corrected chi connectivity index (χ4v) is 0. The first-order valence-corrected chi connectivity index (χ1v) is 2.27. The van der Waals surface area contributed by atoms with Crippen molar-refractivity contribution in [1.29, 1.82) is 0 Å². The second-order valence-electron chi connectivity index (χ2n) is 0.590. The van der Waals surface area contributed by atoms with Gasteiger partial charge in [-0.1, -0.05) is 0 Å². The zero-order valence-electron chi connectivity index (χ0n) is 2.75. The Labute approximate surface area is 42.6 Å². The predicted octanol–water partition coefficient (Wildman–Crippen LogP) is 0.985. The van der Waals surface area contributed by atoms with Gasteiger partial charge in [0.1, 0.15) is 0 Å². The quantitative estimate of drug-likeness (QED) is 0.468. The molecule has 0 aromatic heterocycles. The van der Waals surface area contributed by atoms with Crippen molar-refractivity contribution in [1.82, 2.24) is 0 Å². The SMILES string of the molecule is FC(F)(F)[O][Zn]. The van der Waals surface area contributed by atoms with Crippen LogP contribution in [-0.2, 0) is 22.2 Å². The van der Waals surface area contributed by atoms with E-state index >= 15 is 0 Å². The van der Waals surface area contributed by atoms with Gasteiger partial charge in [-0.3, -0.25) is 0 Å². The fourth-order valence-electron chi connectivity index (χ4n) is 0. The molecule has 0 aliphatic heterocycles. The molecule has 0 unspecified atom stereocenters. The normalized spacial score (nSPS) is 12.2. The molecule has 0 spiro atoms. The van der Waals surface area contributed by atoms with Gasteiger partial charge in [0.25, 0.3) is 0 Å². The van der Waals surface area contributed by atoms with Crippen molar-refractivity contribution in [2.24, 2.45) is 0 Å². The van der Waals surface area contributed by atoms with Crippen molar-refractivity contribution < 1.29 is 35.4 Å². The second-order valence-corrected chi connectivity index (χ2v) is 1.20. The molecule has 0 N–H and O–H groups in total. The summed E-state index contributed by atoms with van der Waals surface area (Å²) in [4.78, 5) is 0. The molecule has 0 bridgehead atoms. The van der Waals surface area contributed by atoms with Gasteiger partial charge in [0.2, 0.25) is 0 Å². The summed E-state index contributed by atoms with van der Waals surface area (Å²) in [6.45, 7) is 0. The number of alkyl halides is 3. The third-order valence-corrected chi connectivity index (χ3v) is 0.850. The molecule has 0 aromatic carbocycles. The Bertz CT molecular complexity index is 40.5. The van der Waals surface area contributed by atoms with E-state index in [1.165, 1.54) is 0 Å². The van der Waals surface area contributed by atoms with E-state index in [1.807, 2.05) is 0 Å². The summed E-state index contributed by atoms with van der Waals surface area (Å²) in [5.41, 5.74) is 0. The molecule has 0 aliphatic rings. The van der Waals surface area contributed by atoms with E-state index in [0.29, 0.717) is 0 Å². The molecule has 0 saturated heterocycles. The first-order chi connectivity index (χ1) is 2.56. The molecule has 0 fully saturated rings. The average molecular weight is 150 g/mol. The Morgan fingerprint density at radius 3 is 1.50 bits per heavy atom. The number of rotatable bonds is 0. The molecule has 0 saturated carbocycles. The Morgan fingerprint density at radius 1 is 1.33 bits per heavy atom. The van der Waals surface area contributed by atoms with Crippen LogP contribution in [0, 0.1) is 0 Å². The van der Waals surface area contributed by atoms with Gasteiger partial charge >= 0.3 is 41.8 Å². The van der Waals surface area contributed by atoms with Gasteiger partial charge in [0.05, 0.1) is 0 Å². The van der Waals surface area contributed by atoms with Crippen LogP contribution >= 0.6 is 0 Å². The van der Waals surface area contributed by atoms with Crippen LogP contribution in [0.2, 0.25) is 0 Å². The molecule has 0 aliphatic carbocycles. The first-order valence-electron chi connectivity index (χ1n) is 1.06. The summed E-state index contributed by atoms with van der Waals surface area (Å²) < 4.78 is 34.8. The maximum atomic E-state index is 10.6. The van der Waals surface area contributed by atoms with Crippen LogP contribution < -0.4 is 0 Å². The minimum absolute atomic E-state index is 0.191. The third kappa shape index (κ3) is 4.37. The van der Waals surface area contributed by atoms with Crippen LogP contribution in [0.5, 0.6) is 0 Å². The summed E-state index contributed by atoms with van der Waals surface area (Å²) in [6.07, 6.45) is -4.40. The predicted molar refractivity (Wildman–Crippen MR) is 7.14 cm³/mol. The average Bonchev–Trinajstić information content (AvgIpc) is 1.35. The zero-order valence-corrected chi connectivity index (χ0v) is 5.72. The van der Waals surface area contributed by atoms with Gasteiger partial charge in [0.15, 0.2) is 0 Å². The van der Waals surface area contributed by atoms with Gasteiger partial charge in [-0.15, -0.1) is 0 Å². The molecule has 5 heteroatoms. The molecule has 33 valence electrons. The van der Waals surface area contributed by atoms with E-state index in [9.17, 15) is 13.2 Å². The summed E-state index contributed by atoms with van der Waals surface area (Å²) in [5, 5.41) is 0. The van der Waals surface area contributed by atoms with E-state index in [2.05, 4.69) is 3.56 Å². The first kappa shape index (κ1) is 6.37. The Balaban J connectivity index is 3.17. The molecule has 0 rings (SSSR count). The summed E-state index contributed by atoms with van der Waals surface area (Å²) in [7, 11) is 0. The number of hydrogen-bond acceptors (Lipinski definition) is 1. The van der Waals surface area contributed by atoms with E-state index < -0.39 is 6.36 Å². The molecule has 0 radical (unpaired) electrons. The monoisotopic (exact) mass is 149 g/mol. The van der Waals surface area contributed by atoms with Gasteiger partial charge in [-0.25, -0.2) is 0 Å². The molecule has 0 atom stereocenters. The van der Waals surface area contributed by atoms with E-state index in [1.54, 1.807) is 0 Å². The molecule has 6 heavy (non-hydrogen) atoms. The van der Waals surface area contributed by atoms with Crippen molar-refractivity contribution in [2.75, 3.05) is 0 Å².